The number of rotatable bonds is 3. The number of hydrogen-bond donors (Lipinski definition) is 1. The van der Waals surface area contributed by atoms with E-state index in [2.05, 4.69) is 5.32 Å². The summed E-state index contributed by atoms with van der Waals surface area (Å²) in [6, 6.07) is 6.28. The van der Waals surface area contributed by atoms with E-state index in [1.165, 1.54) is 12.1 Å². The Balaban J connectivity index is 3.23. The summed E-state index contributed by atoms with van der Waals surface area (Å²) in [4.78, 5) is 12.2. The minimum absolute atomic E-state index is 0.0210. The van der Waals surface area contributed by atoms with Crippen LogP contribution in [-0.4, -0.2) is 25.6 Å². The van der Waals surface area contributed by atoms with Crippen LogP contribution in [0.2, 0.25) is 0 Å². The van der Waals surface area contributed by atoms with E-state index < -0.39 is 15.4 Å². The molecule has 0 aromatic heterocycles. The van der Waals surface area contributed by atoms with E-state index in [9.17, 15) is 13.2 Å². The molecule has 0 fully saturated rings. The van der Waals surface area contributed by atoms with E-state index in [1.807, 2.05) is 20.8 Å². The van der Waals surface area contributed by atoms with Crippen molar-refractivity contribution >= 4 is 15.7 Å². The van der Waals surface area contributed by atoms with Crippen molar-refractivity contribution in [3.8, 4) is 0 Å². The smallest absolute Gasteiger partial charge is 0.253 e. The van der Waals surface area contributed by atoms with Crippen molar-refractivity contribution in [1.82, 2.24) is 5.32 Å². The minimum atomic E-state index is -3.39. The number of carbonyl (C=O) groups excluding carboxylic acids is 1. The van der Waals surface area contributed by atoms with E-state index >= 15 is 0 Å². The molecule has 0 saturated carbocycles. The highest BCUT2D eigenvalue weighted by molar-refractivity contribution is 7.91. The molecule has 0 bridgehead atoms. The molecule has 4 nitrogen and oxygen atoms in total. The van der Waals surface area contributed by atoms with Gasteiger partial charge in [-0.2, -0.15) is 0 Å². The van der Waals surface area contributed by atoms with Gasteiger partial charge in [-0.25, -0.2) is 8.42 Å². The highest BCUT2D eigenvalue weighted by Crippen LogP contribution is 2.17. The monoisotopic (exact) mass is 269 g/mol. The topological polar surface area (TPSA) is 63.2 Å². The molecule has 5 heteroatoms. The molecular weight excluding hydrogens is 250 g/mol. The number of sulfone groups is 1. The molecule has 0 saturated heterocycles. The molecule has 0 unspecified atom stereocenters. The highest BCUT2D eigenvalue weighted by Gasteiger charge is 2.22. The number of hydrogen-bond acceptors (Lipinski definition) is 3. The van der Waals surface area contributed by atoms with Crippen LogP contribution in [0.25, 0.3) is 0 Å². The summed E-state index contributed by atoms with van der Waals surface area (Å²) < 4.78 is 23.8. The lowest BCUT2D eigenvalue weighted by Crippen LogP contribution is -2.41. The Labute approximate surface area is 108 Å². The van der Waals surface area contributed by atoms with Gasteiger partial charge in [-0.1, -0.05) is 19.1 Å². The van der Waals surface area contributed by atoms with Crippen molar-refractivity contribution in [2.75, 3.05) is 5.75 Å². The molecule has 0 aliphatic rings. The van der Waals surface area contributed by atoms with Gasteiger partial charge in [0.05, 0.1) is 16.2 Å². The van der Waals surface area contributed by atoms with Crippen LogP contribution in [0, 0.1) is 0 Å². The maximum absolute atomic E-state index is 12.1. The lowest BCUT2D eigenvalue weighted by Gasteiger charge is -2.21. The molecular formula is C13H19NO3S. The fraction of sp³-hybridized carbons (Fsp3) is 0.462. The Kier molecular flexibility index (Phi) is 4.16. The van der Waals surface area contributed by atoms with Gasteiger partial charge in [-0.15, -0.1) is 0 Å². The molecule has 0 atom stereocenters. The zero-order valence-corrected chi connectivity index (χ0v) is 12.0. The Morgan fingerprint density at radius 3 is 2.28 bits per heavy atom. The van der Waals surface area contributed by atoms with Gasteiger partial charge in [0, 0.05) is 5.54 Å². The standard InChI is InChI=1S/C13H19NO3S/c1-5-18(16,17)11-9-7-6-8-10(11)12(15)14-13(2,3)4/h6-9H,5H2,1-4H3,(H,14,15). The van der Waals surface area contributed by atoms with Crippen LogP contribution in [0.5, 0.6) is 0 Å². The van der Waals surface area contributed by atoms with Crippen LogP contribution in [0.4, 0.5) is 0 Å². The molecule has 0 aliphatic carbocycles. The molecule has 1 rings (SSSR count). The van der Waals surface area contributed by atoms with Crippen LogP contribution >= 0.6 is 0 Å². The third-order valence-electron chi connectivity index (χ3n) is 2.34. The first-order valence-electron chi connectivity index (χ1n) is 5.81. The Hall–Kier alpha value is -1.36. The van der Waals surface area contributed by atoms with Gasteiger partial charge in [0.1, 0.15) is 0 Å². The maximum atomic E-state index is 12.1. The van der Waals surface area contributed by atoms with Gasteiger partial charge in [-0.05, 0) is 32.9 Å². The quantitative estimate of drug-likeness (QED) is 0.913. The van der Waals surface area contributed by atoms with E-state index in [-0.39, 0.29) is 22.1 Å². The van der Waals surface area contributed by atoms with Gasteiger partial charge in [-0.3, -0.25) is 4.79 Å². The van der Waals surface area contributed by atoms with Crippen LogP contribution < -0.4 is 5.32 Å². The van der Waals surface area contributed by atoms with E-state index in [0.29, 0.717) is 0 Å². The van der Waals surface area contributed by atoms with Crippen molar-refractivity contribution in [3.63, 3.8) is 0 Å². The molecule has 0 heterocycles. The van der Waals surface area contributed by atoms with Crippen molar-refractivity contribution in [3.05, 3.63) is 29.8 Å². The summed E-state index contributed by atoms with van der Waals surface area (Å²) in [5.74, 6) is -0.387. The van der Waals surface area contributed by atoms with Crippen LogP contribution in [0.15, 0.2) is 29.2 Å². The van der Waals surface area contributed by atoms with E-state index in [1.54, 1.807) is 19.1 Å². The molecule has 100 valence electrons. The average Bonchev–Trinajstić information content (AvgIpc) is 2.27. The Bertz CT molecular complexity index is 542. The van der Waals surface area contributed by atoms with Gasteiger partial charge in [0.15, 0.2) is 9.84 Å². The fourth-order valence-corrected chi connectivity index (χ4v) is 2.58. The SMILES string of the molecule is CCS(=O)(=O)c1ccccc1C(=O)NC(C)(C)C. The normalized spacial score (nSPS) is 12.2. The summed E-state index contributed by atoms with van der Waals surface area (Å²) in [6.07, 6.45) is 0. The lowest BCUT2D eigenvalue weighted by atomic mass is 10.1. The minimum Gasteiger partial charge on any atom is -0.347 e. The molecule has 1 aromatic rings. The zero-order valence-electron chi connectivity index (χ0n) is 11.1. The van der Waals surface area contributed by atoms with Crippen molar-refractivity contribution in [2.24, 2.45) is 0 Å². The molecule has 1 amide bonds. The zero-order chi connectivity index (χ0) is 14.0. The van der Waals surface area contributed by atoms with Gasteiger partial charge >= 0.3 is 0 Å². The number of nitrogens with one attached hydrogen (secondary N) is 1. The van der Waals surface area contributed by atoms with Gasteiger partial charge < -0.3 is 5.32 Å². The first-order chi connectivity index (χ1) is 8.17. The Morgan fingerprint density at radius 2 is 1.78 bits per heavy atom. The van der Waals surface area contributed by atoms with Gasteiger partial charge in [0.2, 0.25) is 0 Å². The number of carbonyl (C=O) groups is 1. The van der Waals surface area contributed by atoms with Crippen molar-refractivity contribution in [1.29, 1.82) is 0 Å². The predicted molar refractivity (Wildman–Crippen MR) is 71.4 cm³/mol. The second kappa shape index (κ2) is 5.10. The Morgan fingerprint density at radius 1 is 1.22 bits per heavy atom. The highest BCUT2D eigenvalue weighted by atomic mass is 32.2. The van der Waals surface area contributed by atoms with Gasteiger partial charge in [0.25, 0.3) is 5.91 Å². The van der Waals surface area contributed by atoms with Crippen molar-refractivity contribution in [2.45, 2.75) is 38.1 Å². The maximum Gasteiger partial charge on any atom is 0.253 e. The van der Waals surface area contributed by atoms with Crippen LogP contribution in [0.3, 0.4) is 0 Å². The predicted octanol–water partition coefficient (Wildman–Crippen LogP) is 2.01. The second-order valence-electron chi connectivity index (χ2n) is 5.10. The number of benzene rings is 1. The largest absolute Gasteiger partial charge is 0.347 e. The van der Waals surface area contributed by atoms with Crippen molar-refractivity contribution < 1.29 is 13.2 Å². The first-order valence-corrected chi connectivity index (χ1v) is 7.47. The second-order valence-corrected chi connectivity index (χ2v) is 7.35. The van der Waals surface area contributed by atoms with Crippen LogP contribution in [-0.2, 0) is 9.84 Å². The lowest BCUT2D eigenvalue weighted by molar-refractivity contribution is 0.0916. The summed E-state index contributed by atoms with van der Waals surface area (Å²) in [5.41, 5.74) is -0.200. The third kappa shape index (κ3) is 3.57. The van der Waals surface area contributed by atoms with E-state index in [4.69, 9.17) is 0 Å². The molecule has 1 aromatic carbocycles. The average molecular weight is 269 g/mol. The molecule has 18 heavy (non-hydrogen) atoms. The summed E-state index contributed by atoms with van der Waals surface area (Å²) in [7, 11) is -3.39. The summed E-state index contributed by atoms with van der Waals surface area (Å²) >= 11 is 0. The molecule has 0 radical (unpaired) electrons. The first kappa shape index (κ1) is 14.7. The van der Waals surface area contributed by atoms with Crippen LogP contribution in [0.1, 0.15) is 38.1 Å². The molecule has 0 aliphatic heterocycles. The summed E-state index contributed by atoms with van der Waals surface area (Å²) in [6.45, 7) is 7.11. The van der Waals surface area contributed by atoms with E-state index in [0.717, 1.165) is 0 Å². The third-order valence-corrected chi connectivity index (χ3v) is 4.12. The number of amides is 1. The summed E-state index contributed by atoms with van der Waals surface area (Å²) in [5, 5.41) is 2.77. The fourth-order valence-electron chi connectivity index (χ4n) is 1.49. The molecule has 1 N–H and O–H groups in total. The molecule has 0 spiro atoms.